The summed E-state index contributed by atoms with van der Waals surface area (Å²) in [7, 11) is 0. The molecule has 0 radical (unpaired) electrons. The molecular formula is C24H19Cl3F5N9O2S. The van der Waals surface area contributed by atoms with Crippen LogP contribution in [0.25, 0.3) is 5.82 Å². The van der Waals surface area contributed by atoms with Crippen molar-refractivity contribution in [2.75, 3.05) is 17.3 Å². The topological polar surface area (TPSA) is 133 Å². The third-order valence-electron chi connectivity index (χ3n) is 5.66. The van der Waals surface area contributed by atoms with Gasteiger partial charge in [0.15, 0.2) is 5.82 Å². The van der Waals surface area contributed by atoms with Crippen LogP contribution in [0.2, 0.25) is 15.1 Å². The smallest absolute Gasteiger partial charge is 0.349 e. The predicted octanol–water partition coefficient (Wildman–Crippen LogP) is 5.65. The molecule has 1 atom stereocenters. The van der Waals surface area contributed by atoms with Crippen LogP contribution in [0.4, 0.5) is 27.6 Å². The summed E-state index contributed by atoms with van der Waals surface area (Å²) >= 11 is 20.3. The molecule has 0 fully saturated rings. The molecule has 2 amide bonds. The molecule has 3 aromatic heterocycles. The van der Waals surface area contributed by atoms with Crippen molar-refractivity contribution in [3.8, 4) is 5.82 Å². The molecule has 0 bridgehead atoms. The average molecular weight is 699 g/mol. The lowest BCUT2D eigenvalue weighted by molar-refractivity contribution is -0.292. The summed E-state index contributed by atoms with van der Waals surface area (Å²) in [6.45, 7) is 1.20. The van der Waals surface area contributed by atoms with E-state index in [-0.39, 0.29) is 49.6 Å². The lowest BCUT2D eigenvalue weighted by atomic mass is 10.1. The van der Waals surface area contributed by atoms with E-state index in [1.807, 2.05) is 6.26 Å². The van der Waals surface area contributed by atoms with Crippen LogP contribution >= 0.6 is 46.6 Å². The van der Waals surface area contributed by atoms with Crippen molar-refractivity contribution in [2.45, 2.75) is 31.6 Å². The van der Waals surface area contributed by atoms with E-state index in [1.165, 1.54) is 42.2 Å². The molecule has 11 nitrogen and oxygen atoms in total. The number of alkyl halides is 5. The van der Waals surface area contributed by atoms with E-state index < -0.39 is 36.3 Å². The molecule has 0 unspecified atom stereocenters. The van der Waals surface area contributed by atoms with Gasteiger partial charge in [-0.3, -0.25) is 9.59 Å². The van der Waals surface area contributed by atoms with Gasteiger partial charge in [-0.25, -0.2) is 9.67 Å². The lowest BCUT2D eigenvalue weighted by Crippen LogP contribution is -2.35. The van der Waals surface area contributed by atoms with Crippen LogP contribution in [-0.4, -0.2) is 71.0 Å². The Morgan fingerprint density at radius 3 is 2.43 bits per heavy atom. The lowest BCUT2D eigenvalue weighted by Gasteiger charge is -2.17. The second kappa shape index (κ2) is 13.2. The van der Waals surface area contributed by atoms with Gasteiger partial charge in [-0.2, -0.15) is 43.6 Å². The van der Waals surface area contributed by atoms with Gasteiger partial charge < -0.3 is 10.6 Å². The van der Waals surface area contributed by atoms with Gasteiger partial charge in [-0.1, -0.05) is 34.8 Å². The third kappa shape index (κ3) is 7.22. The summed E-state index contributed by atoms with van der Waals surface area (Å²) in [6.07, 6.45) is -2.73. The van der Waals surface area contributed by atoms with Crippen molar-refractivity contribution < 1.29 is 31.5 Å². The molecule has 0 saturated heterocycles. The number of thioether (sulfide) groups is 1. The van der Waals surface area contributed by atoms with Crippen molar-refractivity contribution in [3.63, 3.8) is 0 Å². The molecule has 3 heterocycles. The Kier molecular flexibility index (Phi) is 10.0. The summed E-state index contributed by atoms with van der Waals surface area (Å²) in [6, 6.07) is 6.50. The highest BCUT2D eigenvalue weighted by Crippen LogP contribution is 2.42. The summed E-state index contributed by atoms with van der Waals surface area (Å²) in [5.41, 5.74) is -0.457. The zero-order valence-corrected chi connectivity index (χ0v) is 25.4. The number of hydrogen-bond donors (Lipinski definition) is 2. The Labute approximate surface area is 264 Å². The van der Waals surface area contributed by atoms with E-state index in [4.69, 9.17) is 34.8 Å². The molecule has 1 aromatic carbocycles. The minimum absolute atomic E-state index is 0.0348. The Bertz CT molecular complexity index is 1700. The molecule has 0 aliphatic rings. The highest BCUT2D eigenvalue weighted by Gasteiger charge is 2.62. The predicted molar refractivity (Wildman–Crippen MR) is 153 cm³/mol. The standard InChI is InChI=1S/C24H19Cl3F5N9O2S/c1-11(10-44-2)34-20(42)14-6-12(25)7-16(27)18(14)35-21(43)17-8-13(37-41(17)19-15(26)4-3-5-33-19)9-40-38-22(36-39-40)23(28,29)24(30,31)32/h3-8,11H,9-10H2,1-2H3,(H,34,42)(H,35,43)/t11-/m0/s1. The number of hydrogen-bond acceptors (Lipinski definition) is 8. The molecule has 0 saturated carbocycles. The number of amides is 2. The van der Waals surface area contributed by atoms with Crippen molar-refractivity contribution >= 4 is 64.1 Å². The number of benzene rings is 1. The summed E-state index contributed by atoms with van der Waals surface area (Å²) in [5.74, 6) is -8.11. The van der Waals surface area contributed by atoms with Crippen LogP contribution in [-0.2, 0) is 12.5 Å². The quantitative estimate of drug-likeness (QED) is 0.203. The maximum Gasteiger partial charge on any atom is 0.461 e. The highest BCUT2D eigenvalue weighted by molar-refractivity contribution is 7.98. The molecular weight excluding hydrogens is 680 g/mol. The number of pyridine rings is 1. The fourth-order valence-corrected chi connectivity index (χ4v) is 5.05. The monoisotopic (exact) mass is 697 g/mol. The number of carbonyl (C=O) groups is 2. The number of tetrazole rings is 1. The number of nitrogens with zero attached hydrogens (tertiary/aromatic N) is 7. The van der Waals surface area contributed by atoms with Gasteiger partial charge in [0.05, 0.1) is 27.0 Å². The van der Waals surface area contributed by atoms with Gasteiger partial charge in [0.1, 0.15) is 12.2 Å². The summed E-state index contributed by atoms with van der Waals surface area (Å²) in [4.78, 5) is 31.2. The van der Waals surface area contributed by atoms with E-state index in [2.05, 4.69) is 36.1 Å². The van der Waals surface area contributed by atoms with Crippen molar-refractivity contribution in [1.29, 1.82) is 0 Å². The number of halogens is 8. The van der Waals surface area contributed by atoms with Gasteiger partial charge in [0.2, 0.25) is 0 Å². The zero-order chi connectivity index (χ0) is 32.4. The van der Waals surface area contributed by atoms with Gasteiger partial charge in [0.25, 0.3) is 17.6 Å². The molecule has 4 aromatic rings. The van der Waals surface area contributed by atoms with Crippen LogP contribution in [0.1, 0.15) is 39.3 Å². The van der Waals surface area contributed by atoms with Crippen molar-refractivity contribution in [3.05, 3.63) is 74.4 Å². The van der Waals surface area contributed by atoms with Crippen molar-refractivity contribution in [2.24, 2.45) is 0 Å². The molecule has 0 spiro atoms. The second-order valence-electron chi connectivity index (χ2n) is 9.05. The molecule has 20 heteroatoms. The Morgan fingerprint density at radius 1 is 1.05 bits per heavy atom. The second-order valence-corrected chi connectivity index (χ2v) is 11.2. The van der Waals surface area contributed by atoms with Gasteiger partial charge >= 0.3 is 12.1 Å². The maximum atomic E-state index is 13.7. The number of aromatic nitrogens is 7. The van der Waals surface area contributed by atoms with Crippen LogP contribution in [0.3, 0.4) is 0 Å². The van der Waals surface area contributed by atoms with E-state index in [0.717, 1.165) is 10.7 Å². The summed E-state index contributed by atoms with van der Waals surface area (Å²) in [5, 5.41) is 18.8. The van der Waals surface area contributed by atoms with Gasteiger partial charge in [0, 0.05) is 23.0 Å². The van der Waals surface area contributed by atoms with E-state index >= 15 is 0 Å². The Balaban J connectivity index is 1.71. The van der Waals surface area contributed by atoms with E-state index in [1.54, 1.807) is 6.92 Å². The highest BCUT2D eigenvalue weighted by atomic mass is 35.5. The van der Waals surface area contributed by atoms with Crippen molar-refractivity contribution in [1.82, 2.24) is 40.3 Å². The number of anilines is 1. The van der Waals surface area contributed by atoms with Gasteiger partial charge in [-0.15, -0.1) is 10.2 Å². The minimum atomic E-state index is -5.95. The molecule has 2 N–H and O–H groups in total. The number of carbonyl (C=O) groups excluding carboxylic acids is 2. The van der Waals surface area contributed by atoms with E-state index in [9.17, 15) is 31.5 Å². The minimum Gasteiger partial charge on any atom is -0.349 e. The first-order valence-electron chi connectivity index (χ1n) is 12.1. The third-order valence-corrected chi connectivity index (χ3v) is 7.30. The normalized spacial score (nSPS) is 12.7. The van der Waals surface area contributed by atoms with Crippen LogP contribution in [0, 0.1) is 0 Å². The molecule has 4 rings (SSSR count). The Morgan fingerprint density at radius 2 is 1.77 bits per heavy atom. The SMILES string of the molecule is CSC[C@H](C)NC(=O)c1cc(Cl)cc(Cl)c1NC(=O)c1cc(Cn2nnc(C(F)(F)C(F)(F)F)n2)nn1-c1ncccc1Cl. The first-order chi connectivity index (χ1) is 20.6. The molecule has 44 heavy (non-hydrogen) atoms. The first-order valence-corrected chi connectivity index (χ1v) is 14.7. The van der Waals surface area contributed by atoms with Crippen LogP contribution < -0.4 is 10.6 Å². The number of rotatable bonds is 10. The molecule has 0 aliphatic heterocycles. The largest absolute Gasteiger partial charge is 0.461 e. The molecule has 234 valence electrons. The maximum absolute atomic E-state index is 13.7. The van der Waals surface area contributed by atoms with Crippen LogP contribution in [0.5, 0.6) is 0 Å². The number of nitrogens with one attached hydrogen (secondary N) is 2. The molecule has 0 aliphatic carbocycles. The van der Waals surface area contributed by atoms with E-state index in [0.29, 0.717) is 10.5 Å². The van der Waals surface area contributed by atoms with Gasteiger partial charge in [-0.05, 0) is 48.7 Å². The van der Waals surface area contributed by atoms with Crippen LogP contribution in [0.15, 0.2) is 36.5 Å². The first kappa shape index (κ1) is 33.4. The zero-order valence-electron chi connectivity index (χ0n) is 22.3. The Hall–Kier alpha value is -3.54. The average Bonchev–Trinajstić information content (AvgIpc) is 3.57. The summed E-state index contributed by atoms with van der Waals surface area (Å²) < 4.78 is 66.6. The fraction of sp³-hybridized carbons (Fsp3) is 0.292. The fourth-order valence-electron chi connectivity index (χ4n) is 3.72.